The number of rotatable bonds is 2. The van der Waals surface area contributed by atoms with Gasteiger partial charge >= 0.3 is 5.97 Å². The Morgan fingerprint density at radius 2 is 1.87 bits per heavy atom. The molecular weight excluding hydrogens is 260 g/mol. The number of hydrogen-bond acceptors (Lipinski definition) is 3. The first kappa shape index (κ1) is 12.3. The minimum Gasteiger partial charge on any atom is -0.313 e. The highest BCUT2D eigenvalue weighted by Gasteiger charge is 2.33. The highest BCUT2D eigenvalue weighted by Crippen LogP contribution is 2.27. The Bertz CT molecular complexity index is 359. The van der Waals surface area contributed by atoms with Gasteiger partial charge in [0.05, 0.1) is 6.21 Å². The summed E-state index contributed by atoms with van der Waals surface area (Å²) in [4.78, 5) is 15.3. The van der Waals surface area contributed by atoms with Crippen LogP contribution in [0, 0.1) is 0 Å². The zero-order chi connectivity index (χ0) is 11.3. The van der Waals surface area contributed by atoms with Crippen LogP contribution in [0.2, 0.25) is 0 Å². The molecule has 0 bridgehead atoms. The molecule has 80 valence electrons. The van der Waals surface area contributed by atoms with Crippen molar-refractivity contribution in [2.45, 2.75) is 3.79 Å². The van der Waals surface area contributed by atoms with E-state index in [4.69, 9.17) is 34.8 Å². The van der Waals surface area contributed by atoms with Crippen molar-refractivity contribution in [3.05, 3.63) is 35.9 Å². The molecule has 0 aliphatic rings. The van der Waals surface area contributed by atoms with Crippen molar-refractivity contribution >= 4 is 47.0 Å². The van der Waals surface area contributed by atoms with E-state index in [1.54, 1.807) is 12.1 Å². The van der Waals surface area contributed by atoms with Crippen molar-refractivity contribution in [2.24, 2.45) is 5.16 Å². The maximum atomic E-state index is 10.9. The summed E-state index contributed by atoms with van der Waals surface area (Å²) in [6.07, 6.45) is 1.34. The van der Waals surface area contributed by atoms with Crippen LogP contribution in [0.4, 0.5) is 0 Å². The summed E-state index contributed by atoms with van der Waals surface area (Å²) in [7, 11) is 0. The van der Waals surface area contributed by atoms with E-state index in [2.05, 4.69) is 9.99 Å². The maximum Gasteiger partial charge on any atom is 0.386 e. The molecule has 0 saturated carbocycles. The number of carbonyl (C=O) groups is 1. The van der Waals surface area contributed by atoms with E-state index >= 15 is 0 Å². The third-order valence-electron chi connectivity index (χ3n) is 1.37. The first-order valence-corrected chi connectivity index (χ1v) is 5.00. The molecular formula is C9H6Cl3NO2. The van der Waals surface area contributed by atoms with Crippen LogP contribution >= 0.6 is 34.8 Å². The molecule has 1 aromatic rings. The minimum atomic E-state index is -2.10. The summed E-state index contributed by atoms with van der Waals surface area (Å²) in [5.74, 6) is -1.04. The number of nitrogens with zero attached hydrogens (tertiary/aromatic N) is 1. The topological polar surface area (TPSA) is 38.7 Å². The number of halogens is 3. The SMILES string of the molecule is O=C(O/N=C/c1ccccc1)C(Cl)(Cl)Cl. The second-order valence-corrected chi connectivity index (χ2v) is 4.80. The quantitative estimate of drug-likeness (QED) is 0.357. The molecule has 0 fully saturated rings. The highest BCUT2D eigenvalue weighted by molar-refractivity contribution is 6.75. The lowest BCUT2D eigenvalue weighted by Gasteiger charge is -2.04. The van der Waals surface area contributed by atoms with Crippen molar-refractivity contribution in [3.63, 3.8) is 0 Å². The molecule has 0 aromatic heterocycles. The maximum absolute atomic E-state index is 10.9. The highest BCUT2D eigenvalue weighted by atomic mass is 35.6. The van der Waals surface area contributed by atoms with E-state index in [9.17, 15) is 4.79 Å². The summed E-state index contributed by atoms with van der Waals surface area (Å²) in [6, 6.07) is 9.06. The second-order valence-electron chi connectivity index (χ2n) is 2.52. The van der Waals surface area contributed by atoms with Crippen LogP contribution in [0.25, 0.3) is 0 Å². The Labute approximate surface area is 102 Å². The van der Waals surface area contributed by atoms with Crippen molar-refractivity contribution < 1.29 is 9.63 Å². The number of benzene rings is 1. The lowest BCUT2D eigenvalue weighted by Crippen LogP contribution is -2.19. The van der Waals surface area contributed by atoms with Crippen LogP contribution in [0.3, 0.4) is 0 Å². The fourth-order valence-electron chi connectivity index (χ4n) is 0.726. The third-order valence-corrected chi connectivity index (χ3v) is 1.83. The van der Waals surface area contributed by atoms with E-state index in [-0.39, 0.29) is 0 Å². The number of hydrogen-bond donors (Lipinski definition) is 0. The summed E-state index contributed by atoms with van der Waals surface area (Å²) in [5, 5.41) is 3.38. The average molecular weight is 267 g/mol. The van der Waals surface area contributed by atoms with Crippen LogP contribution in [-0.4, -0.2) is 16.0 Å². The third kappa shape index (κ3) is 4.51. The zero-order valence-electron chi connectivity index (χ0n) is 7.36. The Hall–Kier alpha value is -0.770. The number of alkyl halides is 3. The Kier molecular flexibility index (Phi) is 4.39. The molecule has 0 amide bonds. The molecule has 0 aliphatic carbocycles. The molecule has 1 aromatic carbocycles. The van der Waals surface area contributed by atoms with E-state index < -0.39 is 9.76 Å². The van der Waals surface area contributed by atoms with Gasteiger partial charge in [-0.15, -0.1) is 0 Å². The van der Waals surface area contributed by atoms with Gasteiger partial charge in [0.25, 0.3) is 3.79 Å². The normalized spacial score (nSPS) is 11.7. The van der Waals surface area contributed by atoms with Crippen LogP contribution < -0.4 is 0 Å². The lowest BCUT2D eigenvalue weighted by molar-refractivity contribution is -0.142. The lowest BCUT2D eigenvalue weighted by atomic mass is 10.2. The molecule has 1 rings (SSSR count). The van der Waals surface area contributed by atoms with Crippen molar-refractivity contribution in [1.29, 1.82) is 0 Å². The molecule has 0 N–H and O–H groups in total. The van der Waals surface area contributed by atoms with Gasteiger partial charge in [-0.2, -0.15) is 0 Å². The van der Waals surface area contributed by atoms with Gasteiger partial charge in [0.15, 0.2) is 0 Å². The zero-order valence-corrected chi connectivity index (χ0v) is 9.63. The number of carbonyl (C=O) groups excluding carboxylic acids is 1. The second kappa shape index (κ2) is 5.35. The van der Waals surface area contributed by atoms with E-state index in [0.29, 0.717) is 0 Å². The first-order chi connectivity index (χ1) is 7.00. The summed E-state index contributed by atoms with van der Waals surface area (Å²) >= 11 is 15.7. The standard InChI is InChI=1S/C9H6Cl3NO2/c10-9(11,12)8(14)15-13-6-7-4-2-1-3-5-7/h1-6H/b13-6+. The fourth-order valence-corrected chi connectivity index (χ4v) is 0.829. The smallest absolute Gasteiger partial charge is 0.313 e. The predicted molar refractivity (Wildman–Crippen MR) is 60.4 cm³/mol. The Morgan fingerprint density at radius 1 is 1.27 bits per heavy atom. The molecule has 0 spiro atoms. The summed E-state index contributed by atoms with van der Waals surface area (Å²) in [5.41, 5.74) is 0.773. The average Bonchev–Trinajstić information content (AvgIpc) is 2.18. The summed E-state index contributed by atoms with van der Waals surface area (Å²) in [6.45, 7) is 0. The van der Waals surface area contributed by atoms with Crippen LogP contribution in [0.1, 0.15) is 5.56 Å². The van der Waals surface area contributed by atoms with Gasteiger partial charge in [-0.05, 0) is 5.56 Å². The van der Waals surface area contributed by atoms with Crippen LogP contribution in [0.15, 0.2) is 35.5 Å². The van der Waals surface area contributed by atoms with Crippen LogP contribution in [0.5, 0.6) is 0 Å². The molecule has 0 heterocycles. The fraction of sp³-hybridized carbons (Fsp3) is 0.111. The molecule has 0 aliphatic heterocycles. The Morgan fingerprint density at radius 3 is 2.40 bits per heavy atom. The monoisotopic (exact) mass is 265 g/mol. The first-order valence-electron chi connectivity index (χ1n) is 3.87. The summed E-state index contributed by atoms with van der Waals surface area (Å²) < 4.78 is -2.10. The van der Waals surface area contributed by atoms with Gasteiger partial charge in [-0.3, -0.25) is 0 Å². The van der Waals surface area contributed by atoms with Gasteiger partial charge in [-0.25, -0.2) is 4.79 Å². The molecule has 6 heteroatoms. The van der Waals surface area contributed by atoms with Gasteiger partial charge in [0.1, 0.15) is 0 Å². The van der Waals surface area contributed by atoms with E-state index in [1.807, 2.05) is 18.2 Å². The van der Waals surface area contributed by atoms with Crippen molar-refractivity contribution in [1.82, 2.24) is 0 Å². The molecule has 0 atom stereocenters. The molecule has 15 heavy (non-hydrogen) atoms. The van der Waals surface area contributed by atoms with Crippen LogP contribution in [-0.2, 0) is 9.63 Å². The van der Waals surface area contributed by atoms with Gasteiger partial charge in [-0.1, -0.05) is 70.3 Å². The van der Waals surface area contributed by atoms with Gasteiger partial charge in [0.2, 0.25) is 0 Å². The molecule has 0 saturated heterocycles. The number of oxime groups is 1. The van der Waals surface area contributed by atoms with E-state index in [0.717, 1.165) is 5.56 Å². The Balaban J connectivity index is 2.51. The minimum absolute atomic E-state index is 0.773. The molecule has 3 nitrogen and oxygen atoms in total. The van der Waals surface area contributed by atoms with Gasteiger partial charge in [0, 0.05) is 0 Å². The van der Waals surface area contributed by atoms with E-state index in [1.165, 1.54) is 6.21 Å². The van der Waals surface area contributed by atoms with Crippen molar-refractivity contribution in [2.75, 3.05) is 0 Å². The predicted octanol–water partition coefficient (Wildman–Crippen LogP) is 2.93. The largest absolute Gasteiger partial charge is 0.386 e. The van der Waals surface area contributed by atoms with Crippen molar-refractivity contribution in [3.8, 4) is 0 Å². The van der Waals surface area contributed by atoms with Gasteiger partial charge < -0.3 is 4.84 Å². The molecule has 0 radical (unpaired) electrons. The molecule has 0 unspecified atom stereocenters.